The highest BCUT2D eigenvalue weighted by Crippen LogP contribution is 2.35. The minimum absolute atomic E-state index is 0.290. The van der Waals surface area contributed by atoms with E-state index in [0.717, 1.165) is 13.2 Å². The van der Waals surface area contributed by atoms with E-state index in [4.69, 9.17) is 0 Å². The predicted octanol–water partition coefficient (Wildman–Crippen LogP) is 3.31. The quantitative estimate of drug-likeness (QED) is 0.446. The van der Waals surface area contributed by atoms with Gasteiger partial charge < -0.3 is 9.47 Å². The Hall–Kier alpha value is -1.20. The summed E-state index contributed by atoms with van der Waals surface area (Å²) in [5.41, 5.74) is -1.60. The van der Waals surface area contributed by atoms with Crippen LogP contribution in [0.2, 0.25) is 0 Å². The third-order valence-corrected chi connectivity index (χ3v) is 2.69. The molecule has 0 atom stereocenters. The summed E-state index contributed by atoms with van der Waals surface area (Å²) in [5, 5.41) is 0. The SMILES string of the molecule is COC(=O)c1cc(I)c(C(F)F)c(OC(F)(F)F)n1. The van der Waals surface area contributed by atoms with Gasteiger partial charge in [-0.05, 0) is 28.7 Å². The van der Waals surface area contributed by atoms with Gasteiger partial charge >= 0.3 is 12.3 Å². The van der Waals surface area contributed by atoms with E-state index in [2.05, 4.69) is 14.5 Å². The number of halogens is 6. The molecule has 0 unspecified atom stereocenters. The van der Waals surface area contributed by atoms with E-state index in [1.807, 2.05) is 0 Å². The highest BCUT2D eigenvalue weighted by atomic mass is 127. The molecule has 0 saturated carbocycles. The van der Waals surface area contributed by atoms with Crippen molar-refractivity contribution in [2.24, 2.45) is 0 Å². The van der Waals surface area contributed by atoms with E-state index < -0.39 is 35.9 Å². The zero-order valence-electron chi connectivity index (χ0n) is 9.09. The Labute approximate surface area is 117 Å². The molecule has 0 aliphatic heterocycles. The van der Waals surface area contributed by atoms with Crippen molar-refractivity contribution in [3.05, 3.63) is 20.9 Å². The van der Waals surface area contributed by atoms with Crippen LogP contribution in [0.4, 0.5) is 22.0 Å². The molecule has 1 heterocycles. The molecular formula is C9H5F5INO3. The first-order valence-electron chi connectivity index (χ1n) is 4.48. The maximum Gasteiger partial charge on any atom is 0.574 e. The van der Waals surface area contributed by atoms with Gasteiger partial charge in [0, 0.05) is 3.57 Å². The standard InChI is InChI=1S/C9H5F5INO3/c1-18-8(17)4-2-3(15)5(6(10)11)7(16-4)19-9(12,13)14/h2,6H,1H3. The Kier molecular flexibility index (Phi) is 4.87. The molecule has 0 bridgehead atoms. The summed E-state index contributed by atoms with van der Waals surface area (Å²) in [6.07, 6.45) is -8.43. The fourth-order valence-electron chi connectivity index (χ4n) is 1.10. The van der Waals surface area contributed by atoms with Gasteiger partial charge in [-0.1, -0.05) is 0 Å². The van der Waals surface area contributed by atoms with E-state index >= 15 is 0 Å². The molecule has 10 heteroatoms. The summed E-state index contributed by atoms with van der Waals surface area (Å²) in [6, 6.07) is 0.886. The smallest absolute Gasteiger partial charge is 0.464 e. The van der Waals surface area contributed by atoms with E-state index in [1.54, 1.807) is 0 Å². The zero-order chi connectivity index (χ0) is 14.8. The Morgan fingerprint density at radius 1 is 1.42 bits per heavy atom. The van der Waals surface area contributed by atoms with Gasteiger partial charge in [0.05, 0.1) is 12.7 Å². The van der Waals surface area contributed by atoms with Gasteiger partial charge in [0.1, 0.15) is 0 Å². The number of alkyl halides is 5. The molecule has 19 heavy (non-hydrogen) atoms. The van der Waals surface area contributed by atoms with Crippen LogP contribution in [0, 0.1) is 3.57 Å². The minimum Gasteiger partial charge on any atom is -0.464 e. The van der Waals surface area contributed by atoms with Gasteiger partial charge in [-0.2, -0.15) is 0 Å². The van der Waals surface area contributed by atoms with Gasteiger partial charge in [-0.15, -0.1) is 13.2 Å². The highest BCUT2D eigenvalue weighted by Gasteiger charge is 2.35. The number of aromatic nitrogens is 1. The van der Waals surface area contributed by atoms with Crippen LogP contribution in [0.5, 0.6) is 5.88 Å². The maximum absolute atomic E-state index is 12.7. The molecule has 1 aromatic heterocycles. The van der Waals surface area contributed by atoms with Crippen molar-refractivity contribution in [2.75, 3.05) is 7.11 Å². The van der Waals surface area contributed by atoms with Crippen molar-refractivity contribution in [2.45, 2.75) is 12.8 Å². The molecule has 0 saturated heterocycles. The van der Waals surface area contributed by atoms with Gasteiger partial charge in [0.15, 0.2) is 5.69 Å². The summed E-state index contributed by atoms with van der Waals surface area (Å²) < 4.78 is 69.0. The van der Waals surface area contributed by atoms with Crippen LogP contribution in [0.25, 0.3) is 0 Å². The third kappa shape index (κ3) is 4.14. The van der Waals surface area contributed by atoms with Gasteiger partial charge in [-0.3, -0.25) is 0 Å². The molecule has 0 N–H and O–H groups in total. The van der Waals surface area contributed by atoms with Gasteiger partial charge in [-0.25, -0.2) is 18.6 Å². The third-order valence-electron chi connectivity index (χ3n) is 1.80. The lowest BCUT2D eigenvalue weighted by Crippen LogP contribution is -2.20. The number of methoxy groups -OCH3 is 1. The number of carbonyl (C=O) groups excluding carboxylic acids is 1. The summed E-state index contributed by atoms with van der Waals surface area (Å²) in [6.45, 7) is 0. The van der Waals surface area contributed by atoms with Crippen molar-refractivity contribution in [1.29, 1.82) is 0 Å². The average Bonchev–Trinajstić information content (AvgIpc) is 2.24. The molecule has 1 rings (SSSR count). The topological polar surface area (TPSA) is 48.4 Å². The van der Waals surface area contributed by atoms with Crippen LogP contribution in [0.1, 0.15) is 22.5 Å². The number of hydrogen-bond acceptors (Lipinski definition) is 4. The number of carbonyl (C=O) groups is 1. The summed E-state index contributed by atoms with van der Waals surface area (Å²) in [4.78, 5) is 14.3. The molecule has 0 aromatic carbocycles. The van der Waals surface area contributed by atoms with Crippen molar-refractivity contribution >= 4 is 28.6 Å². The molecule has 0 aliphatic rings. The van der Waals surface area contributed by atoms with Crippen LogP contribution in [0.3, 0.4) is 0 Å². The van der Waals surface area contributed by atoms with Gasteiger partial charge in [0.2, 0.25) is 5.88 Å². The summed E-state index contributed by atoms with van der Waals surface area (Å²) >= 11 is 1.35. The molecule has 1 aromatic rings. The fraction of sp³-hybridized carbons (Fsp3) is 0.333. The Balaban J connectivity index is 3.37. The Bertz CT molecular complexity index is 491. The van der Waals surface area contributed by atoms with Crippen LogP contribution in [-0.2, 0) is 4.74 Å². The van der Waals surface area contributed by atoms with Crippen molar-refractivity contribution in [3.63, 3.8) is 0 Å². The number of hydrogen-bond donors (Lipinski definition) is 0. The summed E-state index contributed by atoms with van der Waals surface area (Å²) in [7, 11) is 0.974. The molecule has 0 fully saturated rings. The number of ether oxygens (including phenoxy) is 2. The average molecular weight is 397 g/mol. The fourth-order valence-corrected chi connectivity index (χ4v) is 1.86. The first-order chi connectivity index (χ1) is 8.65. The molecule has 4 nitrogen and oxygen atoms in total. The second-order valence-corrected chi connectivity index (χ2v) is 4.21. The molecule has 0 aliphatic carbocycles. The first-order valence-corrected chi connectivity index (χ1v) is 5.56. The zero-order valence-corrected chi connectivity index (χ0v) is 11.3. The molecule has 106 valence electrons. The first kappa shape index (κ1) is 15.9. The van der Waals surface area contributed by atoms with Crippen LogP contribution in [0.15, 0.2) is 6.07 Å². The normalized spacial score (nSPS) is 11.6. The number of nitrogens with zero attached hydrogens (tertiary/aromatic N) is 1. The molecular weight excluding hydrogens is 392 g/mol. The summed E-state index contributed by atoms with van der Waals surface area (Å²) in [5.74, 6) is -2.43. The lowest BCUT2D eigenvalue weighted by molar-refractivity contribution is -0.276. The predicted molar refractivity (Wildman–Crippen MR) is 59.9 cm³/mol. The van der Waals surface area contributed by atoms with E-state index in [1.165, 1.54) is 22.6 Å². The molecule has 0 radical (unpaired) electrons. The second kappa shape index (κ2) is 5.84. The lowest BCUT2D eigenvalue weighted by atomic mass is 10.2. The van der Waals surface area contributed by atoms with Crippen LogP contribution >= 0.6 is 22.6 Å². The second-order valence-electron chi connectivity index (χ2n) is 3.05. The molecule has 0 spiro atoms. The number of rotatable bonds is 3. The maximum atomic E-state index is 12.7. The number of esters is 1. The largest absolute Gasteiger partial charge is 0.574 e. The van der Waals surface area contributed by atoms with Crippen molar-refractivity contribution in [1.82, 2.24) is 4.98 Å². The highest BCUT2D eigenvalue weighted by molar-refractivity contribution is 14.1. The Morgan fingerprint density at radius 2 is 2.00 bits per heavy atom. The monoisotopic (exact) mass is 397 g/mol. The van der Waals surface area contributed by atoms with Crippen LogP contribution in [-0.4, -0.2) is 24.4 Å². The van der Waals surface area contributed by atoms with Crippen molar-refractivity contribution < 1.29 is 36.2 Å². The van der Waals surface area contributed by atoms with E-state index in [0.29, 0.717) is 0 Å². The Morgan fingerprint density at radius 3 is 2.42 bits per heavy atom. The number of pyridine rings is 1. The molecule has 0 amide bonds. The van der Waals surface area contributed by atoms with Crippen LogP contribution < -0.4 is 4.74 Å². The van der Waals surface area contributed by atoms with Crippen molar-refractivity contribution in [3.8, 4) is 5.88 Å². The lowest BCUT2D eigenvalue weighted by Gasteiger charge is -2.14. The van der Waals surface area contributed by atoms with Gasteiger partial charge in [0.25, 0.3) is 6.43 Å². The van der Waals surface area contributed by atoms with E-state index in [-0.39, 0.29) is 3.57 Å². The minimum atomic E-state index is -5.20. The van der Waals surface area contributed by atoms with E-state index in [9.17, 15) is 26.7 Å².